The lowest BCUT2D eigenvalue weighted by atomic mass is 10.1. The third-order valence-electron chi connectivity index (χ3n) is 4.72. The van der Waals surface area contributed by atoms with E-state index in [0.717, 1.165) is 52.3 Å². The second-order valence-corrected chi connectivity index (χ2v) is 7.64. The minimum atomic E-state index is -0.981. The van der Waals surface area contributed by atoms with E-state index in [2.05, 4.69) is 9.97 Å². The number of amides is 1. The monoisotopic (exact) mass is 373 g/mol. The van der Waals surface area contributed by atoms with Crippen molar-refractivity contribution in [2.45, 2.75) is 32.6 Å². The van der Waals surface area contributed by atoms with Crippen LogP contribution in [0.1, 0.15) is 45.5 Å². The maximum atomic E-state index is 13.5. The fraction of sp³-hybridized carbons (Fsp3) is 0.316. The van der Waals surface area contributed by atoms with Gasteiger partial charge < -0.3 is 4.90 Å². The highest BCUT2D eigenvalue weighted by atomic mass is 32.1. The molecule has 0 spiro atoms. The first-order chi connectivity index (χ1) is 12.4. The lowest BCUT2D eigenvalue weighted by molar-refractivity contribution is 0.0996. The van der Waals surface area contributed by atoms with Gasteiger partial charge in [0.25, 0.3) is 5.91 Å². The molecule has 1 aromatic carbocycles. The Morgan fingerprint density at radius 2 is 1.92 bits per heavy atom. The lowest BCUT2D eigenvalue weighted by Crippen LogP contribution is -2.26. The molecule has 3 aromatic rings. The van der Waals surface area contributed by atoms with Crippen LogP contribution in [0.25, 0.3) is 10.2 Å². The van der Waals surface area contributed by atoms with Gasteiger partial charge in [0.1, 0.15) is 10.7 Å². The molecule has 0 unspecified atom stereocenters. The second kappa shape index (κ2) is 6.09. The molecule has 1 amide bonds. The first-order valence-corrected chi connectivity index (χ1v) is 9.19. The summed E-state index contributed by atoms with van der Waals surface area (Å²) in [7, 11) is 1.55. The minimum absolute atomic E-state index is 0.274. The fourth-order valence-electron chi connectivity index (χ4n) is 3.05. The summed E-state index contributed by atoms with van der Waals surface area (Å²) >= 11 is 1.33. The Kier molecular flexibility index (Phi) is 3.99. The number of anilines is 1. The number of carbonyl (C=O) groups excluding carboxylic acids is 1. The summed E-state index contributed by atoms with van der Waals surface area (Å²) in [6.45, 7) is 3.81. The number of rotatable bonds is 3. The number of hydrogen-bond acceptors (Lipinski definition) is 4. The highest BCUT2D eigenvalue weighted by molar-refractivity contribution is 7.20. The van der Waals surface area contributed by atoms with E-state index >= 15 is 0 Å². The summed E-state index contributed by atoms with van der Waals surface area (Å²) in [5.41, 5.74) is 2.00. The van der Waals surface area contributed by atoms with Crippen LogP contribution in [-0.2, 0) is 0 Å². The minimum Gasteiger partial charge on any atom is -0.311 e. The fourth-order valence-corrected chi connectivity index (χ4v) is 4.27. The molecule has 2 heterocycles. The third-order valence-corrected chi connectivity index (χ3v) is 5.89. The average molecular weight is 373 g/mol. The zero-order valence-corrected chi connectivity index (χ0v) is 15.5. The molecule has 1 aliphatic carbocycles. The van der Waals surface area contributed by atoms with Crippen LogP contribution in [0.15, 0.2) is 18.2 Å². The standard InChI is InChI=1S/C19H17F2N3OS/c1-9-15-10(2)22-17(11-4-5-11)23-18(15)26-16(9)19(25)24(3)12-6-7-13(20)14(21)8-12/h6-8,11H,4-5H2,1-3H3. The first-order valence-electron chi connectivity index (χ1n) is 8.37. The second-order valence-electron chi connectivity index (χ2n) is 6.64. The molecule has 2 aromatic heterocycles. The van der Waals surface area contributed by atoms with Gasteiger partial charge in [0.05, 0.1) is 10.6 Å². The average Bonchev–Trinajstić information content (AvgIpc) is 3.40. The van der Waals surface area contributed by atoms with Crippen molar-refractivity contribution in [3.8, 4) is 0 Å². The molecule has 1 saturated carbocycles. The predicted octanol–water partition coefficient (Wildman–Crippen LogP) is 4.74. The van der Waals surface area contributed by atoms with E-state index < -0.39 is 11.6 Å². The summed E-state index contributed by atoms with van der Waals surface area (Å²) in [6.07, 6.45) is 2.22. The highest BCUT2D eigenvalue weighted by Gasteiger charge is 2.29. The van der Waals surface area contributed by atoms with Gasteiger partial charge in [-0.3, -0.25) is 4.79 Å². The van der Waals surface area contributed by atoms with Gasteiger partial charge in [0.15, 0.2) is 11.6 Å². The summed E-state index contributed by atoms with van der Waals surface area (Å²) < 4.78 is 26.7. The van der Waals surface area contributed by atoms with Crippen LogP contribution in [0.4, 0.5) is 14.5 Å². The molecule has 134 valence electrons. The van der Waals surface area contributed by atoms with E-state index in [-0.39, 0.29) is 5.91 Å². The Morgan fingerprint density at radius 3 is 2.58 bits per heavy atom. The molecule has 1 fully saturated rings. The van der Waals surface area contributed by atoms with E-state index in [1.807, 2.05) is 13.8 Å². The molecule has 1 aliphatic rings. The van der Waals surface area contributed by atoms with E-state index in [9.17, 15) is 13.6 Å². The van der Waals surface area contributed by atoms with Crippen molar-refractivity contribution in [3.05, 3.63) is 51.8 Å². The number of aromatic nitrogens is 2. The van der Waals surface area contributed by atoms with Gasteiger partial charge in [-0.2, -0.15) is 0 Å². The number of carbonyl (C=O) groups is 1. The van der Waals surface area contributed by atoms with E-state index in [1.54, 1.807) is 7.05 Å². The molecule has 26 heavy (non-hydrogen) atoms. The number of nitrogens with zero attached hydrogens (tertiary/aromatic N) is 3. The molecule has 0 aliphatic heterocycles. The molecule has 4 rings (SSSR count). The van der Waals surface area contributed by atoms with E-state index in [1.165, 1.54) is 22.3 Å². The van der Waals surface area contributed by atoms with Crippen molar-refractivity contribution in [1.82, 2.24) is 9.97 Å². The Balaban J connectivity index is 1.75. The number of thiophene rings is 1. The summed E-state index contributed by atoms with van der Waals surface area (Å²) in [5, 5.41) is 0.904. The van der Waals surface area contributed by atoms with Gasteiger partial charge in [0, 0.05) is 30.1 Å². The number of hydrogen-bond donors (Lipinski definition) is 0. The van der Waals surface area contributed by atoms with Crippen LogP contribution in [0.5, 0.6) is 0 Å². The molecule has 7 heteroatoms. The van der Waals surface area contributed by atoms with Crippen LogP contribution in [0.3, 0.4) is 0 Å². The molecule has 0 radical (unpaired) electrons. The largest absolute Gasteiger partial charge is 0.311 e. The van der Waals surface area contributed by atoms with E-state index in [0.29, 0.717) is 16.5 Å². The molecular formula is C19H17F2N3OS. The van der Waals surface area contributed by atoms with Gasteiger partial charge in [0.2, 0.25) is 0 Å². The number of fused-ring (bicyclic) bond motifs is 1. The van der Waals surface area contributed by atoms with Crippen molar-refractivity contribution >= 4 is 33.1 Å². The molecule has 0 bridgehead atoms. The van der Waals surface area contributed by atoms with Crippen LogP contribution in [0, 0.1) is 25.5 Å². The van der Waals surface area contributed by atoms with Crippen molar-refractivity contribution < 1.29 is 13.6 Å². The third kappa shape index (κ3) is 2.76. The van der Waals surface area contributed by atoms with Crippen molar-refractivity contribution in [3.63, 3.8) is 0 Å². The van der Waals surface area contributed by atoms with Crippen molar-refractivity contribution in [2.75, 3.05) is 11.9 Å². The number of halogens is 2. The Labute approximate surface area is 153 Å². The zero-order chi connectivity index (χ0) is 18.6. The maximum absolute atomic E-state index is 13.5. The van der Waals surface area contributed by atoms with E-state index in [4.69, 9.17) is 0 Å². The van der Waals surface area contributed by atoms with Crippen molar-refractivity contribution in [2.24, 2.45) is 0 Å². The zero-order valence-electron chi connectivity index (χ0n) is 14.6. The van der Waals surface area contributed by atoms with Gasteiger partial charge in [-0.25, -0.2) is 18.7 Å². The number of aryl methyl sites for hydroxylation is 2. The molecule has 0 N–H and O–H groups in total. The Bertz CT molecular complexity index is 1040. The molecule has 0 atom stereocenters. The molecular weight excluding hydrogens is 356 g/mol. The summed E-state index contributed by atoms with van der Waals surface area (Å²) in [4.78, 5) is 24.9. The van der Waals surface area contributed by atoms with Crippen LogP contribution >= 0.6 is 11.3 Å². The SMILES string of the molecule is Cc1nc(C2CC2)nc2sc(C(=O)N(C)c3ccc(F)c(F)c3)c(C)c12. The Hall–Kier alpha value is -2.41. The maximum Gasteiger partial charge on any atom is 0.268 e. The summed E-state index contributed by atoms with van der Waals surface area (Å²) in [6, 6.07) is 3.42. The first kappa shape index (κ1) is 17.0. The van der Waals surface area contributed by atoms with Crippen LogP contribution < -0.4 is 4.90 Å². The molecule has 4 nitrogen and oxygen atoms in total. The highest BCUT2D eigenvalue weighted by Crippen LogP contribution is 2.40. The number of benzene rings is 1. The smallest absolute Gasteiger partial charge is 0.268 e. The van der Waals surface area contributed by atoms with Crippen LogP contribution in [0.2, 0.25) is 0 Å². The molecule has 0 saturated heterocycles. The lowest BCUT2D eigenvalue weighted by Gasteiger charge is -2.17. The van der Waals surface area contributed by atoms with Gasteiger partial charge in [-0.15, -0.1) is 11.3 Å². The van der Waals surface area contributed by atoms with Crippen molar-refractivity contribution in [1.29, 1.82) is 0 Å². The quantitative estimate of drug-likeness (QED) is 0.666. The van der Waals surface area contributed by atoms with Gasteiger partial charge >= 0.3 is 0 Å². The normalized spacial score (nSPS) is 14.0. The summed E-state index contributed by atoms with van der Waals surface area (Å²) in [5.74, 6) is -0.908. The van der Waals surface area contributed by atoms with Gasteiger partial charge in [-0.1, -0.05) is 0 Å². The topological polar surface area (TPSA) is 46.1 Å². The van der Waals surface area contributed by atoms with Crippen LogP contribution in [-0.4, -0.2) is 22.9 Å². The van der Waals surface area contributed by atoms with Gasteiger partial charge in [-0.05, 0) is 44.4 Å². The predicted molar refractivity (Wildman–Crippen MR) is 98.0 cm³/mol. The Morgan fingerprint density at radius 1 is 1.19 bits per heavy atom.